The lowest BCUT2D eigenvalue weighted by atomic mass is 10.0. The molecule has 0 saturated heterocycles. The Morgan fingerprint density at radius 2 is 2.29 bits per heavy atom. The maximum atomic E-state index is 12.7. The molecule has 0 radical (unpaired) electrons. The lowest BCUT2D eigenvalue weighted by molar-refractivity contribution is 0.532. The average Bonchev–Trinajstić information content (AvgIpc) is 2.67. The average molecular weight is 193 g/mol. The van der Waals surface area contributed by atoms with Crippen molar-refractivity contribution in [1.29, 1.82) is 0 Å². The molecule has 0 saturated carbocycles. The van der Waals surface area contributed by atoms with Crippen molar-refractivity contribution < 1.29 is 8.81 Å². The monoisotopic (exact) mass is 193 g/mol. The van der Waals surface area contributed by atoms with Crippen molar-refractivity contribution >= 4 is 5.57 Å². The molecule has 0 unspecified atom stereocenters. The molecule has 2 rings (SSSR count). The molecule has 0 atom stereocenters. The van der Waals surface area contributed by atoms with Gasteiger partial charge in [-0.2, -0.15) is 0 Å². The summed E-state index contributed by atoms with van der Waals surface area (Å²) in [5, 5.41) is 0. The summed E-state index contributed by atoms with van der Waals surface area (Å²) >= 11 is 0. The fraction of sp³-hybridized carbons (Fsp3) is 0.364. The van der Waals surface area contributed by atoms with Crippen molar-refractivity contribution in [2.75, 3.05) is 0 Å². The van der Waals surface area contributed by atoms with Gasteiger partial charge in [0.1, 0.15) is 12.1 Å². The number of aromatic nitrogens is 1. The zero-order chi connectivity index (χ0) is 9.97. The molecule has 74 valence electrons. The zero-order valence-corrected chi connectivity index (χ0v) is 8.09. The Bertz CT molecular complexity index is 390. The molecule has 0 spiro atoms. The number of oxazole rings is 1. The number of rotatable bonds is 2. The highest BCUT2D eigenvalue weighted by atomic mass is 19.1. The van der Waals surface area contributed by atoms with Crippen LogP contribution in [0.3, 0.4) is 0 Å². The molecule has 0 bridgehead atoms. The highest BCUT2D eigenvalue weighted by molar-refractivity contribution is 5.62. The van der Waals surface area contributed by atoms with Crippen LogP contribution in [0, 0.1) is 0 Å². The molecule has 2 nitrogen and oxygen atoms in total. The van der Waals surface area contributed by atoms with Crippen LogP contribution in [0.2, 0.25) is 0 Å². The number of allylic oxidation sites excluding steroid dienone is 4. The summed E-state index contributed by atoms with van der Waals surface area (Å²) < 4.78 is 18.0. The standard InChI is InChI=1S/C11H12FNO/c1-2-10-7-14-11(13-10)8-3-5-9(12)6-4-8/h3,5,7H,2,4,6H2,1H3. The molecule has 1 aromatic heterocycles. The van der Waals surface area contributed by atoms with Crippen LogP contribution in [-0.2, 0) is 6.42 Å². The third kappa shape index (κ3) is 1.76. The van der Waals surface area contributed by atoms with E-state index in [-0.39, 0.29) is 5.83 Å². The molecular formula is C11H12FNO. The third-order valence-electron chi connectivity index (χ3n) is 2.29. The second kappa shape index (κ2) is 3.78. The van der Waals surface area contributed by atoms with Crippen molar-refractivity contribution in [3.63, 3.8) is 0 Å². The summed E-state index contributed by atoms with van der Waals surface area (Å²) in [6.07, 6.45) is 6.87. The van der Waals surface area contributed by atoms with Gasteiger partial charge in [-0.05, 0) is 18.9 Å². The van der Waals surface area contributed by atoms with Crippen LogP contribution in [0.5, 0.6) is 0 Å². The van der Waals surface area contributed by atoms with E-state index in [1.165, 1.54) is 6.08 Å². The Balaban J connectivity index is 2.23. The zero-order valence-electron chi connectivity index (χ0n) is 8.09. The number of nitrogens with zero attached hydrogens (tertiary/aromatic N) is 1. The van der Waals surface area contributed by atoms with Crippen LogP contribution in [0.15, 0.2) is 28.7 Å². The summed E-state index contributed by atoms with van der Waals surface area (Å²) in [5.41, 5.74) is 1.92. The van der Waals surface area contributed by atoms with E-state index in [2.05, 4.69) is 4.98 Å². The molecule has 0 amide bonds. The Morgan fingerprint density at radius 1 is 1.43 bits per heavy atom. The first kappa shape index (κ1) is 9.19. The van der Waals surface area contributed by atoms with Gasteiger partial charge in [-0.15, -0.1) is 0 Å². The Morgan fingerprint density at radius 3 is 2.86 bits per heavy atom. The van der Waals surface area contributed by atoms with E-state index in [4.69, 9.17) is 4.42 Å². The SMILES string of the molecule is CCc1coc(C2=CC=C(F)CC2)n1. The number of halogens is 1. The fourth-order valence-electron chi connectivity index (χ4n) is 1.41. The fourth-order valence-corrected chi connectivity index (χ4v) is 1.41. The predicted molar refractivity (Wildman–Crippen MR) is 52.3 cm³/mol. The first-order chi connectivity index (χ1) is 6.79. The molecule has 0 fully saturated rings. The van der Waals surface area contributed by atoms with Crippen molar-refractivity contribution in [2.45, 2.75) is 26.2 Å². The van der Waals surface area contributed by atoms with E-state index in [1.54, 1.807) is 12.3 Å². The van der Waals surface area contributed by atoms with Crippen LogP contribution in [0.25, 0.3) is 5.57 Å². The van der Waals surface area contributed by atoms with Crippen LogP contribution in [0.4, 0.5) is 4.39 Å². The summed E-state index contributed by atoms with van der Waals surface area (Å²) in [6.45, 7) is 2.02. The van der Waals surface area contributed by atoms with Crippen LogP contribution in [-0.4, -0.2) is 4.98 Å². The van der Waals surface area contributed by atoms with Crippen molar-refractivity contribution in [2.24, 2.45) is 0 Å². The minimum Gasteiger partial charge on any atom is -0.445 e. The summed E-state index contributed by atoms with van der Waals surface area (Å²) in [5.74, 6) is 0.557. The predicted octanol–water partition coefficient (Wildman–Crippen LogP) is 3.27. The van der Waals surface area contributed by atoms with E-state index in [9.17, 15) is 4.39 Å². The van der Waals surface area contributed by atoms with Gasteiger partial charge in [-0.3, -0.25) is 0 Å². The van der Waals surface area contributed by atoms with Gasteiger partial charge < -0.3 is 4.42 Å². The van der Waals surface area contributed by atoms with Gasteiger partial charge >= 0.3 is 0 Å². The van der Waals surface area contributed by atoms with Gasteiger partial charge in [-0.1, -0.05) is 13.0 Å². The smallest absolute Gasteiger partial charge is 0.222 e. The molecule has 3 heteroatoms. The molecule has 0 N–H and O–H groups in total. The van der Waals surface area contributed by atoms with Crippen molar-refractivity contribution in [1.82, 2.24) is 4.98 Å². The largest absolute Gasteiger partial charge is 0.445 e. The normalized spacial score (nSPS) is 16.4. The number of hydrogen-bond acceptors (Lipinski definition) is 2. The minimum absolute atomic E-state index is 0.0731. The second-order valence-electron chi connectivity index (χ2n) is 3.30. The summed E-state index contributed by atoms with van der Waals surface area (Å²) in [4.78, 5) is 4.29. The lowest BCUT2D eigenvalue weighted by Gasteiger charge is -2.05. The number of hydrogen-bond donors (Lipinski definition) is 0. The van der Waals surface area contributed by atoms with Crippen molar-refractivity contribution in [3.05, 3.63) is 35.8 Å². The van der Waals surface area contributed by atoms with E-state index >= 15 is 0 Å². The molecule has 1 heterocycles. The molecule has 0 aliphatic heterocycles. The number of aryl methyl sites for hydroxylation is 1. The Labute approximate surface area is 82.1 Å². The summed E-state index contributed by atoms with van der Waals surface area (Å²) in [6, 6.07) is 0. The molecule has 14 heavy (non-hydrogen) atoms. The lowest BCUT2D eigenvalue weighted by Crippen LogP contribution is -1.91. The minimum atomic E-state index is -0.0731. The first-order valence-electron chi connectivity index (χ1n) is 4.79. The molecule has 1 aliphatic carbocycles. The van der Waals surface area contributed by atoms with E-state index in [0.29, 0.717) is 18.7 Å². The van der Waals surface area contributed by atoms with Crippen LogP contribution >= 0.6 is 0 Å². The van der Waals surface area contributed by atoms with E-state index < -0.39 is 0 Å². The Kier molecular flexibility index (Phi) is 2.48. The van der Waals surface area contributed by atoms with E-state index in [1.807, 2.05) is 6.92 Å². The maximum Gasteiger partial charge on any atom is 0.222 e. The third-order valence-corrected chi connectivity index (χ3v) is 2.29. The van der Waals surface area contributed by atoms with Gasteiger partial charge in [0, 0.05) is 12.0 Å². The first-order valence-corrected chi connectivity index (χ1v) is 4.79. The van der Waals surface area contributed by atoms with Crippen molar-refractivity contribution in [3.8, 4) is 0 Å². The Hall–Kier alpha value is -1.38. The highest BCUT2D eigenvalue weighted by Crippen LogP contribution is 2.26. The topological polar surface area (TPSA) is 26.0 Å². The molecule has 1 aliphatic rings. The van der Waals surface area contributed by atoms with Gasteiger partial charge in [0.2, 0.25) is 5.89 Å². The molecular weight excluding hydrogens is 181 g/mol. The highest BCUT2D eigenvalue weighted by Gasteiger charge is 2.12. The maximum absolute atomic E-state index is 12.7. The van der Waals surface area contributed by atoms with E-state index in [0.717, 1.165) is 17.7 Å². The summed E-state index contributed by atoms with van der Waals surface area (Å²) in [7, 11) is 0. The van der Waals surface area contributed by atoms with Gasteiger partial charge in [0.15, 0.2) is 0 Å². The van der Waals surface area contributed by atoms with Gasteiger partial charge in [0.05, 0.1) is 5.69 Å². The van der Waals surface area contributed by atoms with Gasteiger partial charge in [-0.25, -0.2) is 9.37 Å². The molecule has 0 aromatic carbocycles. The van der Waals surface area contributed by atoms with Crippen LogP contribution in [0.1, 0.15) is 31.4 Å². The quantitative estimate of drug-likeness (QED) is 0.720. The van der Waals surface area contributed by atoms with Gasteiger partial charge in [0.25, 0.3) is 0 Å². The second-order valence-corrected chi connectivity index (χ2v) is 3.30. The molecule has 1 aromatic rings. The van der Waals surface area contributed by atoms with Crippen LogP contribution < -0.4 is 0 Å².